The molecule has 1 aromatic carbocycles. The van der Waals surface area contributed by atoms with E-state index >= 15 is 0 Å². The highest BCUT2D eigenvalue weighted by Crippen LogP contribution is 2.20. The van der Waals surface area contributed by atoms with Gasteiger partial charge < -0.3 is 10.8 Å². The largest absolute Gasteiger partial charge is 0.480 e. The highest BCUT2D eigenvalue weighted by atomic mass is 32.2. The molecule has 0 aromatic heterocycles. The predicted molar refractivity (Wildman–Crippen MR) is 62.0 cm³/mol. The van der Waals surface area contributed by atoms with E-state index in [1.165, 1.54) is 0 Å². The van der Waals surface area contributed by atoms with Crippen LogP contribution in [0.2, 0.25) is 0 Å². The van der Waals surface area contributed by atoms with Gasteiger partial charge >= 0.3 is 5.97 Å². The molecule has 0 saturated heterocycles. The van der Waals surface area contributed by atoms with Crippen molar-refractivity contribution < 1.29 is 9.90 Å². The number of carbonyl (C=O) groups is 1. The van der Waals surface area contributed by atoms with Crippen molar-refractivity contribution in [2.24, 2.45) is 5.73 Å². The van der Waals surface area contributed by atoms with Gasteiger partial charge in [-0.3, -0.25) is 4.79 Å². The van der Waals surface area contributed by atoms with E-state index in [0.717, 1.165) is 4.90 Å². The summed E-state index contributed by atoms with van der Waals surface area (Å²) in [4.78, 5) is 11.9. The fraction of sp³-hybridized carbons (Fsp3) is 0.364. The number of hydrogen-bond acceptors (Lipinski definition) is 3. The Morgan fingerprint density at radius 1 is 1.47 bits per heavy atom. The van der Waals surface area contributed by atoms with Gasteiger partial charge in [0.15, 0.2) is 0 Å². The number of carboxylic acid groups (broad SMARTS) is 1. The molecule has 82 valence electrons. The molecule has 0 spiro atoms. The van der Waals surface area contributed by atoms with Gasteiger partial charge in [-0.2, -0.15) is 0 Å². The van der Waals surface area contributed by atoms with E-state index in [2.05, 4.69) is 0 Å². The lowest BCUT2D eigenvalue weighted by Gasteiger charge is -2.18. The van der Waals surface area contributed by atoms with Gasteiger partial charge in [0.05, 0.1) is 0 Å². The van der Waals surface area contributed by atoms with E-state index in [9.17, 15) is 4.79 Å². The van der Waals surface area contributed by atoms with Crippen LogP contribution in [-0.2, 0) is 4.79 Å². The molecule has 0 bridgehead atoms. The van der Waals surface area contributed by atoms with Gasteiger partial charge in [0.1, 0.15) is 5.54 Å². The zero-order chi connectivity index (χ0) is 11.3. The fourth-order valence-electron chi connectivity index (χ4n) is 1.00. The minimum Gasteiger partial charge on any atom is -0.480 e. The smallest absolute Gasteiger partial charge is 0.323 e. The summed E-state index contributed by atoms with van der Waals surface area (Å²) in [5.74, 6) is -0.236. The second-order valence-electron chi connectivity index (χ2n) is 3.63. The van der Waals surface area contributed by atoms with Crippen LogP contribution in [0.3, 0.4) is 0 Å². The molecule has 0 heterocycles. The molecule has 1 rings (SSSR count). The lowest BCUT2D eigenvalue weighted by atomic mass is 10.0. The van der Waals surface area contributed by atoms with E-state index < -0.39 is 11.5 Å². The second-order valence-corrected chi connectivity index (χ2v) is 4.80. The summed E-state index contributed by atoms with van der Waals surface area (Å²) in [5.41, 5.74) is 4.49. The lowest BCUT2D eigenvalue weighted by Crippen LogP contribution is -2.45. The number of carboxylic acids is 1. The zero-order valence-corrected chi connectivity index (χ0v) is 9.46. The Hall–Kier alpha value is -1.00. The first-order chi connectivity index (χ1) is 7.02. The molecule has 0 saturated carbocycles. The Kier molecular flexibility index (Phi) is 4.17. The molecule has 0 aliphatic rings. The van der Waals surface area contributed by atoms with Gasteiger partial charge in [0.2, 0.25) is 0 Å². The van der Waals surface area contributed by atoms with Crippen LogP contribution in [0.4, 0.5) is 0 Å². The maximum absolute atomic E-state index is 10.7. The van der Waals surface area contributed by atoms with Gasteiger partial charge in [-0.15, -0.1) is 11.8 Å². The van der Waals surface area contributed by atoms with Crippen molar-refractivity contribution in [1.29, 1.82) is 0 Å². The Morgan fingerprint density at radius 3 is 2.60 bits per heavy atom. The maximum atomic E-state index is 10.7. The predicted octanol–water partition coefficient (Wildman–Crippen LogP) is 1.97. The average Bonchev–Trinajstić information content (AvgIpc) is 2.19. The van der Waals surface area contributed by atoms with Crippen molar-refractivity contribution >= 4 is 17.7 Å². The SMILES string of the molecule is CC(N)(CCSc1ccccc1)C(=O)O. The van der Waals surface area contributed by atoms with Crippen LogP contribution in [0, 0.1) is 0 Å². The molecule has 15 heavy (non-hydrogen) atoms. The minimum absolute atomic E-state index is 0.460. The van der Waals surface area contributed by atoms with Gasteiger partial charge in [-0.05, 0) is 25.5 Å². The van der Waals surface area contributed by atoms with Crippen LogP contribution < -0.4 is 5.73 Å². The summed E-state index contributed by atoms with van der Waals surface area (Å²) in [6, 6.07) is 9.87. The monoisotopic (exact) mass is 225 g/mol. The quantitative estimate of drug-likeness (QED) is 0.752. The number of hydrogen-bond donors (Lipinski definition) is 2. The Labute approximate surface area is 93.7 Å². The lowest BCUT2D eigenvalue weighted by molar-refractivity contribution is -0.142. The van der Waals surface area contributed by atoms with Gasteiger partial charge in [0.25, 0.3) is 0 Å². The number of nitrogens with two attached hydrogens (primary N) is 1. The van der Waals surface area contributed by atoms with Crippen LogP contribution in [-0.4, -0.2) is 22.4 Å². The van der Waals surface area contributed by atoms with Crippen LogP contribution in [0.5, 0.6) is 0 Å². The molecule has 0 aliphatic carbocycles. The van der Waals surface area contributed by atoms with E-state index in [4.69, 9.17) is 10.8 Å². The Bertz CT molecular complexity index is 325. The highest BCUT2D eigenvalue weighted by molar-refractivity contribution is 7.99. The first kappa shape index (κ1) is 12.1. The third-order valence-corrected chi connectivity index (χ3v) is 3.14. The third-order valence-electron chi connectivity index (χ3n) is 2.12. The van der Waals surface area contributed by atoms with E-state index in [-0.39, 0.29) is 0 Å². The molecule has 3 nitrogen and oxygen atoms in total. The van der Waals surface area contributed by atoms with Crippen LogP contribution in [0.25, 0.3) is 0 Å². The number of thioether (sulfide) groups is 1. The minimum atomic E-state index is -1.12. The summed E-state index contributed by atoms with van der Waals surface area (Å²) in [5, 5.41) is 8.80. The first-order valence-corrected chi connectivity index (χ1v) is 5.71. The average molecular weight is 225 g/mol. The second kappa shape index (κ2) is 5.19. The number of benzene rings is 1. The first-order valence-electron chi connectivity index (χ1n) is 4.72. The van der Waals surface area contributed by atoms with Crippen LogP contribution in [0.15, 0.2) is 35.2 Å². The summed E-state index contributed by atoms with van der Waals surface area (Å²) in [6.45, 7) is 1.54. The van der Waals surface area contributed by atoms with Crippen molar-refractivity contribution in [1.82, 2.24) is 0 Å². The number of aliphatic carboxylic acids is 1. The molecule has 0 fully saturated rings. The van der Waals surface area contributed by atoms with E-state index in [0.29, 0.717) is 12.2 Å². The molecular weight excluding hydrogens is 210 g/mol. The molecule has 1 atom stereocenters. The Morgan fingerprint density at radius 2 is 2.07 bits per heavy atom. The normalized spacial score (nSPS) is 14.5. The van der Waals surface area contributed by atoms with E-state index in [1.54, 1.807) is 18.7 Å². The Balaban J connectivity index is 2.37. The molecule has 4 heteroatoms. The van der Waals surface area contributed by atoms with Gasteiger partial charge in [0, 0.05) is 10.6 Å². The topological polar surface area (TPSA) is 63.3 Å². The van der Waals surface area contributed by atoms with Crippen molar-refractivity contribution in [2.75, 3.05) is 5.75 Å². The summed E-state index contributed by atoms with van der Waals surface area (Å²) in [6.07, 6.45) is 0.460. The molecule has 1 aromatic rings. The summed E-state index contributed by atoms with van der Waals surface area (Å²) in [7, 11) is 0. The summed E-state index contributed by atoms with van der Waals surface area (Å²) >= 11 is 1.62. The highest BCUT2D eigenvalue weighted by Gasteiger charge is 2.26. The molecule has 1 unspecified atom stereocenters. The maximum Gasteiger partial charge on any atom is 0.323 e. The number of rotatable bonds is 5. The van der Waals surface area contributed by atoms with Crippen molar-refractivity contribution in [3.05, 3.63) is 30.3 Å². The summed E-state index contributed by atoms with van der Waals surface area (Å²) < 4.78 is 0. The molecule has 3 N–H and O–H groups in total. The van der Waals surface area contributed by atoms with Gasteiger partial charge in [-0.25, -0.2) is 0 Å². The molecular formula is C11H15NO2S. The fourth-order valence-corrected chi connectivity index (χ4v) is 2.12. The van der Waals surface area contributed by atoms with Crippen molar-refractivity contribution in [3.63, 3.8) is 0 Å². The van der Waals surface area contributed by atoms with Crippen molar-refractivity contribution in [3.8, 4) is 0 Å². The van der Waals surface area contributed by atoms with Crippen LogP contribution in [0.1, 0.15) is 13.3 Å². The standard InChI is InChI=1S/C11H15NO2S/c1-11(12,10(13)14)7-8-15-9-5-3-2-4-6-9/h2-6H,7-8,12H2,1H3,(H,13,14). The third kappa shape index (κ3) is 3.93. The zero-order valence-electron chi connectivity index (χ0n) is 8.64. The molecule has 0 aliphatic heterocycles. The van der Waals surface area contributed by atoms with Crippen LogP contribution >= 0.6 is 11.8 Å². The molecule has 0 amide bonds. The van der Waals surface area contributed by atoms with E-state index in [1.807, 2.05) is 30.3 Å². The van der Waals surface area contributed by atoms with Gasteiger partial charge in [-0.1, -0.05) is 18.2 Å². The molecule has 0 radical (unpaired) electrons. The van der Waals surface area contributed by atoms with Crippen molar-refractivity contribution in [2.45, 2.75) is 23.8 Å².